The van der Waals surface area contributed by atoms with E-state index in [2.05, 4.69) is 25.9 Å². The lowest BCUT2D eigenvalue weighted by Crippen LogP contribution is -1.98. The van der Waals surface area contributed by atoms with Crippen LogP contribution in [0.4, 0.5) is 0 Å². The summed E-state index contributed by atoms with van der Waals surface area (Å²) in [6.45, 7) is 6.38. The second kappa shape index (κ2) is 5.85. The van der Waals surface area contributed by atoms with Crippen LogP contribution in [0.25, 0.3) is 0 Å². The maximum absolute atomic E-state index is 5.42. The molecule has 2 aromatic rings. The highest BCUT2D eigenvalue weighted by molar-refractivity contribution is 9.10. The first-order valence-electron chi connectivity index (χ1n) is 6.57. The van der Waals surface area contributed by atoms with Gasteiger partial charge < -0.3 is 9.47 Å². The predicted molar refractivity (Wildman–Crippen MR) is 86.1 cm³/mol. The summed E-state index contributed by atoms with van der Waals surface area (Å²) >= 11 is 5.20. The zero-order chi connectivity index (χ0) is 15.0. The summed E-state index contributed by atoms with van der Waals surface area (Å²) in [5.74, 6) is 2.36. The molecule has 0 amide bonds. The quantitative estimate of drug-likeness (QED) is 0.601. The third kappa shape index (κ3) is 3.01. The van der Waals surface area contributed by atoms with Gasteiger partial charge in [-0.2, -0.15) is 0 Å². The normalized spacial score (nSPS) is 12.8. The molecule has 0 bridgehead atoms. The van der Waals surface area contributed by atoms with Crippen LogP contribution in [0.1, 0.15) is 22.5 Å². The van der Waals surface area contributed by atoms with Crippen molar-refractivity contribution >= 4 is 27.7 Å². The van der Waals surface area contributed by atoms with Crippen molar-refractivity contribution < 1.29 is 9.47 Å². The Morgan fingerprint density at radius 3 is 2.38 bits per heavy atom. The minimum absolute atomic E-state index is 0.290. The van der Waals surface area contributed by atoms with Crippen molar-refractivity contribution in [2.24, 2.45) is 0 Å². The Labute approximate surface area is 136 Å². The van der Waals surface area contributed by atoms with E-state index < -0.39 is 0 Å². The first-order valence-corrected chi connectivity index (χ1v) is 8.35. The zero-order valence-electron chi connectivity index (χ0n) is 12.1. The van der Waals surface area contributed by atoms with E-state index in [1.807, 2.05) is 32.9 Å². The Kier molecular flexibility index (Phi) is 4.08. The number of ether oxygens (including phenoxy) is 2. The molecule has 0 unspecified atom stereocenters. The van der Waals surface area contributed by atoms with Gasteiger partial charge in [0, 0.05) is 21.6 Å². The van der Waals surface area contributed by atoms with Gasteiger partial charge in [0.15, 0.2) is 16.7 Å². The Morgan fingerprint density at radius 2 is 1.71 bits per heavy atom. The lowest BCUT2D eigenvalue weighted by atomic mass is 10.2. The first-order chi connectivity index (χ1) is 10.0. The first kappa shape index (κ1) is 14.7. The minimum atomic E-state index is 0.290. The number of thioether (sulfide) groups is 1. The van der Waals surface area contributed by atoms with Crippen molar-refractivity contribution in [3.05, 3.63) is 39.1 Å². The fourth-order valence-corrected chi connectivity index (χ4v) is 3.59. The molecule has 0 saturated heterocycles. The Balaban J connectivity index is 1.79. The molecule has 110 valence electrons. The third-order valence-corrected chi connectivity index (χ3v) is 5.14. The fraction of sp³-hybridized carbons (Fsp3) is 0.333. The summed E-state index contributed by atoms with van der Waals surface area (Å²) in [6, 6.07) is 3.96. The maximum atomic E-state index is 5.42. The Hall–Kier alpha value is -1.27. The molecule has 6 heteroatoms. The standard InChI is InChI=1S/C15H15BrN2O2S/c1-8-9(2)17-15(18-10(8)3)21-6-11-4-13-14(5-12(11)16)20-7-19-13/h4-5H,6-7H2,1-3H3. The van der Waals surface area contributed by atoms with Crippen LogP contribution in [0.3, 0.4) is 0 Å². The van der Waals surface area contributed by atoms with Crippen molar-refractivity contribution in [2.75, 3.05) is 6.79 Å². The molecule has 1 aromatic carbocycles. The topological polar surface area (TPSA) is 44.2 Å². The van der Waals surface area contributed by atoms with Crippen LogP contribution in [-0.2, 0) is 5.75 Å². The van der Waals surface area contributed by atoms with Crippen molar-refractivity contribution in [1.29, 1.82) is 0 Å². The van der Waals surface area contributed by atoms with E-state index in [0.29, 0.717) is 0 Å². The molecule has 4 nitrogen and oxygen atoms in total. The molecule has 21 heavy (non-hydrogen) atoms. The molecule has 0 aliphatic carbocycles. The van der Waals surface area contributed by atoms with Crippen LogP contribution in [0.5, 0.6) is 11.5 Å². The van der Waals surface area contributed by atoms with Gasteiger partial charge in [-0.1, -0.05) is 27.7 Å². The van der Waals surface area contributed by atoms with Crippen LogP contribution in [0.2, 0.25) is 0 Å². The van der Waals surface area contributed by atoms with Crippen LogP contribution in [0.15, 0.2) is 21.8 Å². The van der Waals surface area contributed by atoms with Gasteiger partial charge in [-0.05, 0) is 44.0 Å². The highest BCUT2D eigenvalue weighted by Gasteiger charge is 2.16. The average Bonchev–Trinajstić information content (AvgIpc) is 2.89. The van der Waals surface area contributed by atoms with Crippen molar-refractivity contribution in [1.82, 2.24) is 9.97 Å². The number of hydrogen-bond acceptors (Lipinski definition) is 5. The highest BCUT2D eigenvalue weighted by atomic mass is 79.9. The highest BCUT2D eigenvalue weighted by Crippen LogP contribution is 2.38. The van der Waals surface area contributed by atoms with Crippen molar-refractivity contribution in [3.8, 4) is 11.5 Å². The van der Waals surface area contributed by atoms with Gasteiger partial charge >= 0.3 is 0 Å². The number of fused-ring (bicyclic) bond motifs is 1. The minimum Gasteiger partial charge on any atom is -0.454 e. The predicted octanol–water partition coefficient (Wildman–Crippen LogP) is 4.19. The zero-order valence-corrected chi connectivity index (χ0v) is 14.5. The number of hydrogen-bond donors (Lipinski definition) is 0. The van der Waals surface area contributed by atoms with E-state index in [9.17, 15) is 0 Å². The van der Waals surface area contributed by atoms with E-state index >= 15 is 0 Å². The number of halogens is 1. The maximum Gasteiger partial charge on any atom is 0.231 e. The van der Waals surface area contributed by atoms with Crippen molar-refractivity contribution in [3.63, 3.8) is 0 Å². The molecule has 3 rings (SSSR count). The number of benzene rings is 1. The Morgan fingerprint density at radius 1 is 1.10 bits per heavy atom. The monoisotopic (exact) mass is 366 g/mol. The summed E-state index contributed by atoms with van der Waals surface area (Å²) < 4.78 is 11.8. The SMILES string of the molecule is Cc1nc(SCc2cc3c(cc2Br)OCO3)nc(C)c1C. The lowest BCUT2D eigenvalue weighted by molar-refractivity contribution is 0.174. The molecule has 0 saturated carbocycles. The van der Waals surface area contributed by atoms with Gasteiger partial charge in [0.05, 0.1) is 0 Å². The lowest BCUT2D eigenvalue weighted by Gasteiger charge is -2.08. The second-order valence-electron chi connectivity index (χ2n) is 4.89. The second-order valence-corrected chi connectivity index (χ2v) is 6.68. The van der Waals surface area contributed by atoms with E-state index in [1.165, 1.54) is 0 Å². The van der Waals surface area contributed by atoms with Gasteiger partial charge in [0.25, 0.3) is 0 Å². The molecular formula is C15H15BrN2O2S. The molecule has 1 aliphatic rings. The average molecular weight is 367 g/mol. The van der Waals surface area contributed by atoms with E-state index in [0.717, 1.165) is 49.4 Å². The third-order valence-electron chi connectivity index (χ3n) is 3.51. The van der Waals surface area contributed by atoms with Gasteiger partial charge in [0.1, 0.15) is 0 Å². The molecule has 0 radical (unpaired) electrons. The molecule has 1 aromatic heterocycles. The van der Waals surface area contributed by atoms with Gasteiger partial charge in [-0.25, -0.2) is 9.97 Å². The number of aromatic nitrogens is 2. The summed E-state index contributed by atoms with van der Waals surface area (Å²) in [4.78, 5) is 9.06. The van der Waals surface area contributed by atoms with Gasteiger partial charge in [-0.3, -0.25) is 0 Å². The largest absolute Gasteiger partial charge is 0.454 e. The summed E-state index contributed by atoms with van der Waals surface area (Å²) in [5.41, 5.74) is 4.37. The summed E-state index contributed by atoms with van der Waals surface area (Å²) in [6.07, 6.45) is 0. The van der Waals surface area contributed by atoms with Crippen LogP contribution >= 0.6 is 27.7 Å². The molecule has 0 atom stereocenters. The molecular weight excluding hydrogens is 352 g/mol. The molecule has 0 spiro atoms. The summed E-state index contributed by atoms with van der Waals surface area (Å²) in [5, 5.41) is 0.806. The summed E-state index contributed by atoms with van der Waals surface area (Å²) in [7, 11) is 0. The molecule has 2 heterocycles. The van der Waals surface area contributed by atoms with Crippen LogP contribution in [-0.4, -0.2) is 16.8 Å². The Bertz CT molecular complexity index is 683. The fourth-order valence-electron chi connectivity index (χ4n) is 2.02. The van der Waals surface area contributed by atoms with E-state index in [1.54, 1.807) is 11.8 Å². The van der Waals surface area contributed by atoms with E-state index in [-0.39, 0.29) is 6.79 Å². The molecule has 0 fully saturated rings. The van der Waals surface area contributed by atoms with Gasteiger partial charge in [-0.15, -0.1) is 0 Å². The molecule has 0 N–H and O–H groups in total. The smallest absolute Gasteiger partial charge is 0.231 e. The van der Waals surface area contributed by atoms with Crippen LogP contribution in [0, 0.1) is 20.8 Å². The van der Waals surface area contributed by atoms with Gasteiger partial charge in [0.2, 0.25) is 6.79 Å². The number of aryl methyl sites for hydroxylation is 2. The van der Waals surface area contributed by atoms with E-state index in [4.69, 9.17) is 9.47 Å². The van der Waals surface area contributed by atoms with Crippen LogP contribution < -0.4 is 9.47 Å². The number of nitrogens with zero attached hydrogens (tertiary/aromatic N) is 2. The van der Waals surface area contributed by atoms with Crippen molar-refractivity contribution in [2.45, 2.75) is 31.7 Å². The molecule has 1 aliphatic heterocycles. The number of rotatable bonds is 3.